The molecule has 0 radical (unpaired) electrons. The van der Waals surface area contributed by atoms with Gasteiger partial charge in [-0.1, -0.05) is 42.0 Å². The van der Waals surface area contributed by atoms with Crippen LogP contribution in [-0.2, 0) is 16.8 Å². The summed E-state index contributed by atoms with van der Waals surface area (Å²) in [5, 5.41) is 3.05. The fourth-order valence-electron chi connectivity index (χ4n) is 4.59. The van der Waals surface area contributed by atoms with Crippen LogP contribution in [0.4, 0.5) is 10.5 Å². The summed E-state index contributed by atoms with van der Waals surface area (Å²) in [6, 6.07) is 16.5. The molecule has 5 nitrogen and oxygen atoms in total. The Morgan fingerprint density at radius 3 is 2.66 bits per heavy atom. The number of benzene rings is 2. The number of carbonyl (C=O) groups excluding carboxylic acids is 2. The van der Waals surface area contributed by atoms with Gasteiger partial charge in [0, 0.05) is 44.2 Å². The highest BCUT2D eigenvalue weighted by Gasteiger charge is 2.61. The number of likely N-dealkylation sites (tertiary alicyclic amines) is 1. The lowest BCUT2D eigenvalue weighted by Gasteiger charge is -2.22. The Hall–Kier alpha value is -2.82. The van der Waals surface area contributed by atoms with Crippen LogP contribution in [0.3, 0.4) is 0 Å². The quantitative estimate of drug-likeness (QED) is 0.832. The Labute approximate surface area is 172 Å². The van der Waals surface area contributed by atoms with Crippen LogP contribution in [0.5, 0.6) is 0 Å². The van der Waals surface area contributed by atoms with E-state index in [1.54, 1.807) is 11.8 Å². The number of piperidine rings is 1. The molecule has 2 fully saturated rings. The predicted molar refractivity (Wildman–Crippen MR) is 115 cm³/mol. The molecule has 3 amide bonds. The molecule has 0 aromatic heterocycles. The molecule has 1 saturated heterocycles. The third-order valence-corrected chi connectivity index (χ3v) is 6.44. The maximum absolute atomic E-state index is 12.9. The number of nitrogens with zero attached hydrogens (tertiary/aromatic N) is 2. The summed E-state index contributed by atoms with van der Waals surface area (Å²) >= 11 is 0. The summed E-state index contributed by atoms with van der Waals surface area (Å²) in [5.74, 6) is 0.621. The molecule has 2 unspecified atom stereocenters. The van der Waals surface area contributed by atoms with Gasteiger partial charge in [-0.15, -0.1) is 0 Å². The second-order valence-electron chi connectivity index (χ2n) is 8.47. The van der Waals surface area contributed by atoms with Gasteiger partial charge in [0.2, 0.25) is 5.91 Å². The Kier molecular flexibility index (Phi) is 5.07. The van der Waals surface area contributed by atoms with Crippen molar-refractivity contribution in [2.45, 2.75) is 39.2 Å². The van der Waals surface area contributed by atoms with E-state index in [-0.39, 0.29) is 17.4 Å². The molecule has 0 spiro atoms. The summed E-state index contributed by atoms with van der Waals surface area (Å²) in [6.45, 7) is 8.46. The molecular weight excluding hydrogens is 362 g/mol. The van der Waals surface area contributed by atoms with E-state index >= 15 is 0 Å². The van der Waals surface area contributed by atoms with Gasteiger partial charge in [-0.2, -0.15) is 0 Å². The van der Waals surface area contributed by atoms with E-state index in [0.29, 0.717) is 19.0 Å². The van der Waals surface area contributed by atoms with E-state index in [4.69, 9.17) is 0 Å². The lowest BCUT2D eigenvalue weighted by atomic mass is 9.94. The average Bonchev–Trinajstić information content (AvgIpc) is 3.27. The average molecular weight is 392 g/mol. The van der Waals surface area contributed by atoms with Gasteiger partial charge in [0.15, 0.2) is 0 Å². The number of urea groups is 1. The second kappa shape index (κ2) is 7.54. The Balaban J connectivity index is 1.40. The van der Waals surface area contributed by atoms with Crippen LogP contribution in [0.25, 0.3) is 0 Å². The van der Waals surface area contributed by atoms with Gasteiger partial charge in [0.25, 0.3) is 0 Å². The molecule has 152 valence electrons. The molecule has 2 aromatic carbocycles. The topological polar surface area (TPSA) is 52.7 Å². The first-order valence-corrected chi connectivity index (χ1v) is 10.4. The van der Waals surface area contributed by atoms with Gasteiger partial charge in [-0.25, -0.2) is 4.79 Å². The van der Waals surface area contributed by atoms with Crippen molar-refractivity contribution in [2.75, 3.05) is 25.0 Å². The minimum Gasteiger partial charge on any atom is -0.339 e. The number of nitrogens with one attached hydrogen (secondary N) is 1. The first-order chi connectivity index (χ1) is 13.9. The summed E-state index contributed by atoms with van der Waals surface area (Å²) in [4.78, 5) is 28.2. The second-order valence-corrected chi connectivity index (χ2v) is 8.47. The Morgan fingerprint density at radius 2 is 1.97 bits per heavy atom. The number of amides is 3. The van der Waals surface area contributed by atoms with Crippen molar-refractivity contribution in [1.29, 1.82) is 0 Å². The van der Waals surface area contributed by atoms with Crippen molar-refractivity contribution in [3.63, 3.8) is 0 Å². The molecule has 1 N–H and O–H groups in total. The van der Waals surface area contributed by atoms with Gasteiger partial charge < -0.3 is 15.1 Å². The minimum atomic E-state index is -0.0419. The van der Waals surface area contributed by atoms with Crippen LogP contribution in [0.15, 0.2) is 48.5 Å². The Morgan fingerprint density at radius 1 is 1.21 bits per heavy atom. The van der Waals surface area contributed by atoms with Crippen LogP contribution >= 0.6 is 0 Å². The largest absolute Gasteiger partial charge is 0.339 e. The van der Waals surface area contributed by atoms with Crippen LogP contribution < -0.4 is 5.32 Å². The van der Waals surface area contributed by atoms with Crippen LogP contribution in [0.1, 0.15) is 37.0 Å². The summed E-state index contributed by atoms with van der Waals surface area (Å²) in [6.07, 6.45) is 1.17. The molecule has 5 heteroatoms. The van der Waals surface area contributed by atoms with E-state index in [9.17, 15) is 9.59 Å². The van der Waals surface area contributed by atoms with Crippen molar-refractivity contribution in [2.24, 2.45) is 5.92 Å². The number of carbonyl (C=O) groups is 2. The van der Waals surface area contributed by atoms with Crippen molar-refractivity contribution in [3.8, 4) is 0 Å². The fourth-order valence-corrected chi connectivity index (χ4v) is 4.59. The van der Waals surface area contributed by atoms with Gasteiger partial charge in [-0.05, 0) is 49.4 Å². The third-order valence-electron chi connectivity index (χ3n) is 6.44. The zero-order valence-electron chi connectivity index (χ0n) is 17.4. The first-order valence-electron chi connectivity index (χ1n) is 10.4. The number of fused-ring (bicyclic) bond motifs is 1. The highest BCUT2D eigenvalue weighted by atomic mass is 16.2. The number of aryl methyl sites for hydroxylation is 1. The van der Waals surface area contributed by atoms with E-state index < -0.39 is 0 Å². The molecule has 2 aliphatic rings. The number of hydrogen-bond donors (Lipinski definition) is 1. The van der Waals surface area contributed by atoms with Crippen LogP contribution in [-0.4, -0.2) is 41.4 Å². The lowest BCUT2D eigenvalue weighted by Crippen LogP contribution is -2.36. The molecule has 1 heterocycles. The molecule has 1 aliphatic carbocycles. The van der Waals surface area contributed by atoms with Gasteiger partial charge >= 0.3 is 6.03 Å². The standard InChI is InChI=1S/C24H29N3O2/c1-4-26(18(3)28)14-19-6-5-7-22(12-19)25-23(29)27-15-21-13-24(21,16-27)20-10-8-17(2)9-11-20/h5-12,21H,4,13-16H2,1-3H3,(H,25,29). The van der Waals surface area contributed by atoms with Crippen LogP contribution in [0.2, 0.25) is 0 Å². The first kappa shape index (κ1) is 19.5. The molecule has 29 heavy (non-hydrogen) atoms. The van der Waals surface area contributed by atoms with Crippen molar-refractivity contribution < 1.29 is 9.59 Å². The van der Waals surface area contributed by atoms with Crippen molar-refractivity contribution in [3.05, 3.63) is 65.2 Å². The molecule has 4 rings (SSSR count). The summed E-state index contributed by atoms with van der Waals surface area (Å²) < 4.78 is 0. The smallest absolute Gasteiger partial charge is 0.321 e. The molecule has 2 aromatic rings. The van der Waals surface area contributed by atoms with Gasteiger partial charge in [-0.3, -0.25) is 4.79 Å². The maximum atomic E-state index is 12.9. The number of anilines is 1. The SMILES string of the molecule is CCN(Cc1cccc(NC(=O)N2CC3CC3(c3ccc(C)cc3)C2)c1)C(C)=O. The zero-order chi connectivity index (χ0) is 20.6. The summed E-state index contributed by atoms with van der Waals surface area (Å²) in [7, 11) is 0. The molecule has 1 saturated carbocycles. The minimum absolute atomic E-state index is 0.0419. The van der Waals surface area contributed by atoms with Crippen molar-refractivity contribution in [1.82, 2.24) is 9.80 Å². The normalized spacial score (nSPS) is 22.2. The van der Waals surface area contributed by atoms with Gasteiger partial charge in [0.1, 0.15) is 0 Å². The number of hydrogen-bond acceptors (Lipinski definition) is 2. The summed E-state index contributed by atoms with van der Waals surface area (Å²) in [5.41, 5.74) is 4.56. The highest BCUT2D eigenvalue weighted by molar-refractivity contribution is 5.90. The fraction of sp³-hybridized carbons (Fsp3) is 0.417. The van der Waals surface area contributed by atoms with E-state index in [2.05, 4.69) is 36.5 Å². The van der Waals surface area contributed by atoms with E-state index in [1.807, 2.05) is 36.1 Å². The molecule has 1 aliphatic heterocycles. The van der Waals surface area contributed by atoms with E-state index in [1.165, 1.54) is 17.5 Å². The number of rotatable bonds is 5. The third kappa shape index (κ3) is 3.86. The highest BCUT2D eigenvalue weighted by Crippen LogP contribution is 2.59. The molecular formula is C24H29N3O2. The Bertz CT molecular complexity index is 924. The van der Waals surface area contributed by atoms with Crippen molar-refractivity contribution >= 4 is 17.6 Å². The lowest BCUT2D eigenvalue weighted by molar-refractivity contribution is -0.129. The van der Waals surface area contributed by atoms with Gasteiger partial charge in [0.05, 0.1) is 0 Å². The van der Waals surface area contributed by atoms with E-state index in [0.717, 1.165) is 24.3 Å². The zero-order valence-corrected chi connectivity index (χ0v) is 17.4. The predicted octanol–water partition coefficient (Wildman–Crippen LogP) is 4.17. The molecule has 0 bridgehead atoms. The monoisotopic (exact) mass is 391 g/mol. The van der Waals surface area contributed by atoms with Crippen LogP contribution in [0, 0.1) is 12.8 Å². The maximum Gasteiger partial charge on any atom is 0.321 e. The molecule has 2 atom stereocenters.